The zero-order valence-electron chi connectivity index (χ0n) is 5.42. The molecule has 0 aliphatic carbocycles. The van der Waals surface area contributed by atoms with Crippen LogP contribution in [0.25, 0.3) is 0 Å². The molecule has 10 heavy (non-hydrogen) atoms. The molecule has 0 radical (unpaired) electrons. The molecule has 0 aromatic carbocycles. The standard InChI is InChI=1S/C7H8ClNS/c1-3-6(5-9-10)7(8)4-2/h3-5,10H,1-2H2/b7-6-,9-5-. The minimum absolute atomic E-state index is 0.521. The molecular weight excluding hydrogens is 166 g/mol. The first kappa shape index (κ1) is 9.53. The lowest BCUT2D eigenvalue weighted by Crippen LogP contribution is -1.79. The number of rotatable bonds is 3. The maximum atomic E-state index is 5.68. The summed E-state index contributed by atoms with van der Waals surface area (Å²) < 4.78 is 3.48. The van der Waals surface area contributed by atoms with Crippen LogP contribution in [0.5, 0.6) is 0 Å². The smallest absolute Gasteiger partial charge is 0.0487 e. The summed E-state index contributed by atoms with van der Waals surface area (Å²) in [6.07, 6.45) is 4.61. The summed E-state index contributed by atoms with van der Waals surface area (Å²) in [6.45, 7) is 7.02. The highest BCUT2D eigenvalue weighted by atomic mass is 35.5. The lowest BCUT2D eigenvalue weighted by atomic mass is 10.2. The maximum Gasteiger partial charge on any atom is 0.0487 e. The van der Waals surface area contributed by atoms with E-state index in [1.54, 1.807) is 6.08 Å². The van der Waals surface area contributed by atoms with Crippen molar-refractivity contribution in [3.8, 4) is 0 Å². The summed E-state index contributed by atoms with van der Waals surface area (Å²) in [4.78, 5) is 0. The number of halogens is 1. The first-order valence-corrected chi connectivity index (χ1v) is 3.36. The van der Waals surface area contributed by atoms with E-state index in [1.165, 1.54) is 12.3 Å². The van der Waals surface area contributed by atoms with Gasteiger partial charge in [-0.1, -0.05) is 36.9 Å². The van der Waals surface area contributed by atoms with Crippen molar-refractivity contribution in [2.45, 2.75) is 0 Å². The first-order chi connectivity index (χ1) is 4.76. The molecule has 0 bridgehead atoms. The number of nitrogens with zero attached hydrogens (tertiary/aromatic N) is 1. The van der Waals surface area contributed by atoms with Gasteiger partial charge in [0.05, 0.1) is 0 Å². The van der Waals surface area contributed by atoms with Crippen LogP contribution >= 0.6 is 24.4 Å². The second-order valence-electron chi connectivity index (χ2n) is 1.46. The Hall–Kier alpha value is -0.470. The summed E-state index contributed by atoms with van der Waals surface area (Å²) in [5, 5.41) is 0.521. The highest BCUT2D eigenvalue weighted by molar-refractivity contribution is 7.79. The number of thiol groups is 1. The Bertz CT molecular complexity index is 194. The Morgan fingerprint density at radius 2 is 2.00 bits per heavy atom. The largest absolute Gasteiger partial charge is 0.227 e. The van der Waals surface area contributed by atoms with Gasteiger partial charge in [-0.15, -0.1) is 0 Å². The Morgan fingerprint density at radius 1 is 1.40 bits per heavy atom. The van der Waals surface area contributed by atoms with Crippen molar-refractivity contribution in [3.63, 3.8) is 0 Å². The van der Waals surface area contributed by atoms with E-state index in [1.807, 2.05) is 0 Å². The van der Waals surface area contributed by atoms with E-state index in [2.05, 4.69) is 30.4 Å². The highest BCUT2D eigenvalue weighted by Gasteiger charge is 1.91. The fraction of sp³-hybridized carbons (Fsp3) is 0. The van der Waals surface area contributed by atoms with Crippen LogP contribution in [-0.2, 0) is 0 Å². The molecule has 0 rings (SSSR count). The van der Waals surface area contributed by atoms with E-state index in [0.29, 0.717) is 10.6 Å². The quantitative estimate of drug-likeness (QED) is 0.383. The second kappa shape index (κ2) is 5.33. The van der Waals surface area contributed by atoms with Gasteiger partial charge in [-0.2, -0.15) is 0 Å². The fourth-order valence-corrected chi connectivity index (χ4v) is 0.642. The molecule has 0 saturated heterocycles. The van der Waals surface area contributed by atoms with E-state index in [4.69, 9.17) is 11.6 Å². The molecule has 3 heteroatoms. The van der Waals surface area contributed by atoms with Crippen LogP contribution in [-0.4, -0.2) is 6.21 Å². The van der Waals surface area contributed by atoms with Crippen molar-refractivity contribution < 1.29 is 0 Å². The molecule has 0 atom stereocenters. The van der Waals surface area contributed by atoms with Crippen LogP contribution in [0.4, 0.5) is 0 Å². The van der Waals surface area contributed by atoms with Crippen molar-refractivity contribution in [1.82, 2.24) is 0 Å². The van der Waals surface area contributed by atoms with Gasteiger partial charge < -0.3 is 0 Å². The van der Waals surface area contributed by atoms with Crippen molar-refractivity contribution in [2.75, 3.05) is 0 Å². The Balaban J connectivity index is 4.61. The van der Waals surface area contributed by atoms with Gasteiger partial charge in [0.1, 0.15) is 0 Å². The fourth-order valence-electron chi connectivity index (χ4n) is 0.392. The van der Waals surface area contributed by atoms with Crippen molar-refractivity contribution in [2.24, 2.45) is 4.40 Å². The average molecular weight is 174 g/mol. The molecule has 0 spiro atoms. The maximum absolute atomic E-state index is 5.68. The summed E-state index contributed by atoms with van der Waals surface area (Å²) in [7, 11) is 0. The van der Waals surface area contributed by atoms with Crippen LogP contribution in [0.3, 0.4) is 0 Å². The monoisotopic (exact) mass is 173 g/mol. The molecule has 0 aliphatic rings. The number of hydrogen-bond acceptors (Lipinski definition) is 2. The highest BCUT2D eigenvalue weighted by Crippen LogP contribution is 2.09. The van der Waals surface area contributed by atoms with Gasteiger partial charge in [0.15, 0.2) is 0 Å². The SMILES string of the molecule is C=C/C(Cl)=C(C=C)/C=N\S. The van der Waals surface area contributed by atoms with Crippen LogP contribution in [0.1, 0.15) is 0 Å². The van der Waals surface area contributed by atoms with Crippen LogP contribution < -0.4 is 0 Å². The Morgan fingerprint density at radius 3 is 2.30 bits per heavy atom. The van der Waals surface area contributed by atoms with Crippen molar-refractivity contribution >= 4 is 30.6 Å². The van der Waals surface area contributed by atoms with E-state index < -0.39 is 0 Å². The Labute approximate surface area is 71.3 Å². The number of hydrogen-bond donors (Lipinski definition) is 1. The van der Waals surface area contributed by atoms with Crippen molar-refractivity contribution in [3.05, 3.63) is 35.9 Å². The van der Waals surface area contributed by atoms with Crippen LogP contribution in [0.15, 0.2) is 40.3 Å². The predicted molar refractivity (Wildman–Crippen MR) is 50.8 cm³/mol. The lowest BCUT2D eigenvalue weighted by molar-refractivity contribution is 1.77. The summed E-state index contributed by atoms with van der Waals surface area (Å²) in [6, 6.07) is 0. The lowest BCUT2D eigenvalue weighted by Gasteiger charge is -1.91. The van der Waals surface area contributed by atoms with Crippen molar-refractivity contribution in [1.29, 1.82) is 0 Å². The van der Waals surface area contributed by atoms with E-state index in [9.17, 15) is 0 Å². The third kappa shape index (κ3) is 2.90. The molecule has 1 nitrogen and oxygen atoms in total. The van der Waals surface area contributed by atoms with Gasteiger partial charge in [-0.05, 0) is 12.8 Å². The molecule has 0 N–H and O–H groups in total. The molecule has 0 amide bonds. The van der Waals surface area contributed by atoms with E-state index in [-0.39, 0.29) is 0 Å². The third-order valence-electron chi connectivity index (χ3n) is 0.872. The van der Waals surface area contributed by atoms with Gasteiger partial charge >= 0.3 is 0 Å². The van der Waals surface area contributed by atoms with Crippen LogP contribution in [0, 0.1) is 0 Å². The van der Waals surface area contributed by atoms with Gasteiger partial charge in [0.2, 0.25) is 0 Å². The zero-order valence-corrected chi connectivity index (χ0v) is 7.07. The molecule has 0 aromatic rings. The zero-order chi connectivity index (χ0) is 7.98. The normalized spacial score (nSPS) is 13.0. The summed E-state index contributed by atoms with van der Waals surface area (Å²) >= 11 is 9.32. The molecule has 0 heterocycles. The summed E-state index contributed by atoms with van der Waals surface area (Å²) in [5.41, 5.74) is 0.715. The first-order valence-electron chi connectivity index (χ1n) is 2.58. The molecule has 0 fully saturated rings. The topological polar surface area (TPSA) is 12.4 Å². The second-order valence-corrected chi connectivity index (χ2v) is 2.09. The van der Waals surface area contributed by atoms with Gasteiger partial charge in [-0.25, -0.2) is 4.40 Å². The van der Waals surface area contributed by atoms with E-state index in [0.717, 1.165) is 0 Å². The molecule has 0 saturated carbocycles. The molecular formula is C7H8ClNS. The minimum atomic E-state index is 0.521. The molecule has 0 unspecified atom stereocenters. The Kier molecular flexibility index (Phi) is 5.08. The molecule has 0 aromatic heterocycles. The van der Waals surface area contributed by atoms with Gasteiger partial charge in [0.25, 0.3) is 0 Å². The van der Waals surface area contributed by atoms with Crippen LogP contribution in [0.2, 0.25) is 0 Å². The minimum Gasteiger partial charge on any atom is -0.227 e. The average Bonchev–Trinajstić information content (AvgIpc) is 1.99. The third-order valence-corrected chi connectivity index (χ3v) is 1.36. The molecule has 0 aliphatic heterocycles. The van der Waals surface area contributed by atoms with Gasteiger partial charge in [-0.3, -0.25) is 0 Å². The number of allylic oxidation sites excluding steroid dienone is 4. The molecule has 54 valence electrons. The van der Waals surface area contributed by atoms with Gasteiger partial charge in [0, 0.05) is 16.8 Å². The predicted octanol–water partition coefficient (Wildman–Crippen LogP) is 2.77. The summed E-state index contributed by atoms with van der Waals surface area (Å²) in [5.74, 6) is 0. The van der Waals surface area contributed by atoms with E-state index >= 15 is 0 Å².